The summed E-state index contributed by atoms with van der Waals surface area (Å²) < 4.78 is 0. The van der Waals surface area contributed by atoms with Gasteiger partial charge in [0.15, 0.2) is 0 Å². The van der Waals surface area contributed by atoms with Crippen molar-refractivity contribution in [3.05, 3.63) is 0 Å². The van der Waals surface area contributed by atoms with Crippen molar-refractivity contribution in [2.75, 3.05) is 6.54 Å². The highest BCUT2D eigenvalue weighted by atomic mass is 14.9. The lowest BCUT2D eigenvalue weighted by atomic mass is 9.84. The second-order valence-corrected chi connectivity index (χ2v) is 4.09. The molecule has 1 aliphatic carbocycles. The molecule has 0 radical (unpaired) electrons. The van der Waals surface area contributed by atoms with Crippen LogP contribution < -0.4 is 5.32 Å². The van der Waals surface area contributed by atoms with Gasteiger partial charge in [0.1, 0.15) is 0 Å². The standard InChI is InChI=1S/C11H23N/c1-3-8-12-11-7-5-6-10(4-2)9-11/h10-12H,3-9H2,1-2H3. The molecule has 0 spiro atoms. The van der Waals surface area contributed by atoms with Crippen molar-refractivity contribution in [3.8, 4) is 0 Å². The second-order valence-electron chi connectivity index (χ2n) is 4.09. The summed E-state index contributed by atoms with van der Waals surface area (Å²) in [6.45, 7) is 5.78. The van der Waals surface area contributed by atoms with E-state index in [1.807, 2.05) is 0 Å². The monoisotopic (exact) mass is 169 g/mol. The molecule has 0 aromatic rings. The molecule has 1 rings (SSSR count). The molecule has 0 aliphatic heterocycles. The first-order chi connectivity index (χ1) is 5.86. The van der Waals surface area contributed by atoms with E-state index in [-0.39, 0.29) is 0 Å². The van der Waals surface area contributed by atoms with E-state index in [0.29, 0.717) is 0 Å². The van der Waals surface area contributed by atoms with Gasteiger partial charge in [-0.25, -0.2) is 0 Å². The van der Waals surface area contributed by atoms with Crippen molar-refractivity contribution in [1.82, 2.24) is 5.32 Å². The maximum atomic E-state index is 3.64. The molecular weight excluding hydrogens is 146 g/mol. The third-order valence-corrected chi connectivity index (χ3v) is 3.04. The fourth-order valence-corrected chi connectivity index (χ4v) is 2.20. The number of nitrogens with one attached hydrogen (secondary N) is 1. The quantitative estimate of drug-likeness (QED) is 0.682. The van der Waals surface area contributed by atoms with Crippen molar-refractivity contribution in [2.45, 2.75) is 58.4 Å². The van der Waals surface area contributed by atoms with Crippen LogP contribution in [0.5, 0.6) is 0 Å². The Kier molecular flexibility index (Phi) is 4.67. The first kappa shape index (κ1) is 10.0. The van der Waals surface area contributed by atoms with E-state index in [9.17, 15) is 0 Å². The predicted molar refractivity (Wildman–Crippen MR) is 54.3 cm³/mol. The number of hydrogen-bond donors (Lipinski definition) is 1. The fraction of sp³-hybridized carbons (Fsp3) is 1.00. The molecule has 1 heteroatoms. The molecule has 2 unspecified atom stereocenters. The highest BCUT2D eigenvalue weighted by Gasteiger charge is 2.19. The van der Waals surface area contributed by atoms with Crippen molar-refractivity contribution in [3.63, 3.8) is 0 Å². The molecule has 2 atom stereocenters. The number of rotatable bonds is 4. The first-order valence-electron chi connectivity index (χ1n) is 5.60. The second kappa shape index (κ2) is 5.58. The van der Waals surface area contributed by atoms with Gasteiger partial charge >= 0.3 is 0 Å². The fourth-order valence-electron chi connectivity index (χ4n) is 2.20. The van der Waals surface area contributed by atoms with Crippen LogP contribution in [0.4, 0.5) is 0 Å². The Bertz CT molecular complexity index is 112. The maximum Gasteiger partial charge on any atom is 0.00696 e. The van der Waals surface area contributed by atoms with Crippen LogP contribution >= 0.6 is 0 Å². The van der Waals surface area contributed by atoms with Crippen LogP contribution in [-0.2, 0) is 0 Å². The van der Waals surface area contributed by atoms with Crippen LogP contribution in [0, 0.1) is 5.92 Å². The zero-order chi connectivity index (χ0) is 8.81. The zero-order valence-corrected chi connectivity index (χ0v) is 8.60. The number of hydrogen-bond acceptors (Lipinski definition) is 1. The molecule has 72 valence electrons. The van der Waals surface area contributed by atoms with Gasteiger partial charge in [0.2, 0.25) is 0 Å². The Hall–Kier alpha value is -0.0400. The molecule has 0 aromatic heterocycles. The van der Waals surface area contributed by atoms with Crippen LogP contribution in [0.3, 0.4) is 0 Å². The van der Waals surface area contributed by atoms with Gasteiger partial charge < -0.3 is 5.32 Å². The smallest absolute Gasteiger partial charge is 0.00696 e. The van der Waals surface area contributed by atoms with E-state index in [1.165, 1.54) is 45.1 Å². The molecule has 0 bridgehead atoms. The van der Waals surface area contributed by atoms with Gasteiger partial charge in [-0.15, -0.1) is 0 Å². The van der Waals surface area contributed by atoms with Crippen LogP contribution in [0.15, 0.2) is 0 Å². The van der Waals surface area contributed by atoms with Gasteiger partial charge in [0.05, 0.1) is 0 Å². The summed E-state index contributed by atoms with van der Waals surface area (Å²) >= 11 is 0. The summed E-state index contributed by atoms with van der Waals surface area (Å²) in [5, 5.41) is 3.64. The van der Waals surface area contributed by atoms with Crippen LogP contribution in [0.1, 0.15) is 52.4 Å². The van der Waals surface area contributed by atoms with Crippen molar-refractivity contribution in [1.29, 1.82) is 0 Å². The Morgan fingerprint density at radius 3 is 2.75 bits per heavy atom. The summed E-state index contributed by atoms with van der Waals surface area (Å²) in [4.78, 5) is 0. The highest BCUT2D eigenvalue weighted by Crippen LogP contribution is 2.26. The van der Waals surface area contributed by atoms with Crippen molar-refractivity contribution < 1.29 is 0 Å². The lowest BCUT2D eigenvalue weighted by molar-refractivity contribution is 0.280. The Balaban J connectivity index is 2.16. The van der Waals surface area contributed by atoms with Crippen LogP contribution in [0.25, 0.3) is 0 Å². The van der Waals surface area contributed by atoms with Crippen molar-refractivity contribution in [2.24, 2.45) is 5.92 Å². The van der Waals surface area contributed by atoms with Crippen LogP contribution in [-0.4, -0.2) is 12.6 Å². The summed E-state index contributed by atoms with van der Waals surface area (Å²) in [6.07, 6.45) is 8.41. The molecular formula is C11H23N. The molecule has 1 saturated carbocycles. The highest BCUT2D eigenvalue weighted by molar-refractivity contribution is 4.76. The average molecular weight is 169 g/mol. The molecule has 1 N–H and O–H groups in total. The Morgan fingerprint density at radius 2 is 2.08 bits per heavy atom. The van der Waals surface area contributed by atoms with E-state index in [4.69, 9.17) is 0 Å². The zero-order valence-electron chi connectivity index (χ0n) is 8.60. The summed E-state index contributed by atoms with van der Waals surface area (Å²) in [5.74, 6) is 1.01. The topological polar surface area (TPSA) is 12.0 Å². The molecule has 1 aliphatic rings. The summed E-state index contributed by atoms with van der Waals surface area (Å²) in [5.41, 5.74) is 0. The lowest BCUT2D eigenvalue weighted by Gasteiger charge is -2.29. The normalized spacial score (nSPS) is 30.5. The van der Waals surface area contributed by atoms with Gasteiger partial charge in [-0.05, 0) is 31.7 Å². The Labute approximate surface area is 76.9 Å². The van der Waals surface area contributed by atoms with E-state index < -0.39 is 0 Å². The van der Waals surface area contributed by atoms with E-state index >= 15 is 0 Å². The van der Waals surface area contributed by atoms with E-state index in [0.717, 1.165) is 12.0 Å². The minimum atomic E-state index is 0.837. The maximum absolute atomic E-state index is 3.64. The van der Waals surface area contributed by atoms with Gasteiger partial charge in [0, 0.05) is 6.04 Å². The Morgan fingerprint density at radius 1 is 1.25 bits per heavy atom. The average Bonchev–Trinajstić information content (AvgIpc) is 2.15. The van der Waals surface area contributed by atoms with Gasteiger partial charge in [-0.3, -0.25) is 0 Å². The van der Waals surface area contributed by atoms with Gasteiger partial charge in [-0.1, -0.05) is 33.1 Å². The van der Waals surface area contributed by atoms with Gasteiger partial charge in [0.25, 0.3) is 0 Å². The summed E-state index contributed by atoms with van der Waals surface area (Å²) in [6, 6.07) is 0.837. The largest absolute Gasteiger partial charge is 0.314 e. The van der Waals surface area contributed by atoms with Crippen LogP contribution in [0.2, 0.25) is 0 Å². The van der Waals surface area contributed by atoms with Crippen molar-refractivity contribution >= 4 is 0 Å². The SMILES string of the molecule is CCCNC1CCCC(CC)C1. The van der Waals surface area contributed by atoms with Gasteiger partial charge in [-0.2, -0.15) is 0 Å². The molecule has 0 heterocycles. The lowest BCUT2D eigenvalue weighted by Crippen LogP contribution is -2.34. The first-order valence-corrected chi connectivity index (χ1v) is 5.60. The molecule has 12 heavy (non-hydrogen) atoms. The predicted octanol–water partition coefficient (Wildman–Crippen LogP) is 2.95. The minimum Gasteiger partial charge on any atom is -0.314 e. The third-order valence-electron chi connectivity index (χ3n) is 3.04. The molecule has 0 amide bonds. The molecule has 0 aromatic carbocycles. The summed E-state index contributed by atoms with van der Waals surface area (Å²) in [7, 11) is 0. The molecule has 1 fully saturated rings. The molecule has 1 nitrogen and oxygen atoms in total. The van der Waals surface area contributed by atoms with E-state index in [2.05, 4.69) is 19.2 Å². The molecule has 0 saturated heterocycles. The minimum absolute atomic E-state index is 0.837. The van der Waals surface area contributed by atoms with E-state index in [1.54, 1.807) is 0 Å². The third kappa shape index (κ3) is 3.14.